The fraction of sp³-hybridized carbons (Fsp3) is 0.900. The minimum Gasteiger partial charge on any atom is -0.481 e. The number of aliphatic hydroxyl groups is 1. The van der Waals surface area contributed by atoms with Crippen molar-refractivity contribution in [3.05, 3.63) is 0 Å². The van der Waals surface area contributed by atoms with Gasteiger partial charge in [0.1, 0.15) is 0 Å². The highest BCUT2D eigenvalue weighted by atomic mass is 16.5. The van der Waals surface area contributed by atoms with Crippen molar-refractivity contribution in [2.24, 2.45) is 5.92 Å². The summed E-state index contributed by atoms with van der Waals surface area (Å²) in [4.78, 5) is 12.8. The van der Waals surface area contributed by atoms with E-state index < -0.39 is 18.0 Å². The summed E-state index contributed by atoms with van der Waals surface area (Å²) in [7, 11) is 1.83. The number of nitrogens with zero attached hydrogens (tertiary/aromatic N) is 1. The molecule has 0 bridgehead atoms. The lowest BCUT2D eigenvalue weighted by molar-refractivity contribution is -0.143. The number of likely N-dealkylation sites (N-methyl/N-ethyl adjacent to an activating group) is 1. The Morgan fingerprint density at radius 2 is 2.07 bits per heavy atom. The van der Waals surface area contributed by atoms with Gasteiger partial charge in [-0.05, 0) is 20.9 Å². The second-order valence-corrected chi connectivity index (χ2v) is 4.20. The predicted octanol–water partition coefficient (Wildman–Crippen LogP) is -0.213. The maximum atomic E-state index is 10.9. The standard InChI is InChI=1S/C10H19NO4/c1-6(7(2)12)11(3)9-5-15-4-8(9)10(13)14/h6-9,12H,4-5H2,1-3H3,(H,13,14). The van der Waals surface area contributed by atoms with Gasteiger partial charge in [0.2, 0.25) is 0 Å². The van der Waals surface area contributed by atoms with Crippen LogP contribution in [0.2, 0.25) is 0 Å². The number of hydrogen-bond acceptors (Lipinski definition) is 4. The Morgan fingerprint density at radius 1 is 1.47 bits per heavy atom. The number of carbonyl (C=O) groups is 1. The summed E-state index contributed by atoms with van der Waals surface area (Å²) < 4.78 is 5.18. The van der Waals surface area contributed by atoms with E-state index in [1.165, 1.54) is 0 Å². The van der Waals surface area contributed by atoms with Gasteiger partial charge in [0.15, 0.2) is 0 Å². The molecule has 0 radical (unpaired) electrons. The van der Waals surface area contributed by atoms with Crippen molar-refractivity contribution in [2.45, 2.75) is 32.0 Å². The molecule has 1 fully saturated rings. The summed E-state index contributed by atoms with van der Waals surface area (Å²) in [5, 5.41) is 18.4. The second kappa shape index (κ2) is 4.92. The third kappa shape index (κ3) is 2.68. The Balaban J connectivity index is 2.65. The second-order valence-electron chi connectivity index (χ2n) is 4.20. The van der Waals surface area contributed by atoms with Gasteiger partial charge in [0.25, 0.3) is 0 Å². The predicted molar refractivity (Wildman–Crippen MR) is 54.6 cm³/mol. The van der Waals surface area contributed by atoms with Crippen LogP contribution in [0.5, 0.6) is 0 Å². The van der Waals surface area contributed by atoms with E-state index in [4.69, 9.17) is 9.84 Å². The molecule has 1 rings (SSSR count). The first-order valence-corrected chi connectivity index (χ1v) is 5.15. The van der Waals surface area contributed by atoms with Gasteiger partial charge in [-0.1, -0.05) is 0 Å². The van der Waals surface area contributed by atoms with Crippen LogP contribution < -0.4 is 0 Å². The Hall–Kier alpha value is -0.650. The molecule has 1 aliphatic rings. The van der Waals surface area contributed by atoms with Crippen molar-refractivity contribution in [1.29, 1.82) is 0 Å². The molecule has 88 valence electrons. The van der Waals surface area contributed by atoms with Gasteiger partial charge in [-0.15, -0.1) is 0 Å². The fourth-order valence-electron chi connectivity index (χ4n) is 1.82. The van der Waals surface area contributed by atoms with Crippen molar-refractivity contribution in [2.75, 3.05) is 20.3 Å². The zero-order chi connectivity index (χ0) is 11.6. The van der Waals surface area contributed by atoms with E-state index in [-0.39, 0.29) is 18.7 Å². The first kappa shape index (κ1) is 12.4. The topological polar surface area (TPSA) is 70.0 Å². The average molecular weight is 217 g/mol. The molecule has 0 aromatic carbocycles. The van der Waals surface area contributed by atoms with Crippen LogP contribution in [0.3, 0.4) is 0 Å². The van der Waals surface area contributed by atoms with Crippen molar-refractivity contribution in [3.8, 4) is 0 Å². The number of rotatable bonds is 4. The average Bonchev–Trinajstić information content (AvgIpc) is 2.63. The third-order valence-electron chi connectivity index (χ3n) is 3.23. The van der Waals surface area contributed by atoms with Crippen LogP contribution in [0, 0.1) is 5.92 Å². The molecule has 0 saturated carbocycles. The zero-order valence-corrected chi connectivity index (χ0v) is 9.38. The Kier molecular flexibility index (Phi) is 4.07. The van der Waals surface area contributed by atoms with Gasteiger partial charge in [0, 0.05) is 12.1 Å². The zero-order valence-electron chi connectivity index (χ0n) is 9.38. The molecule has 15 heavy (non-hydrogen) atoms. The monoisotopic (exact) mass is 217 g/mol. The first-order chi connectivity index (χ1) is 6.95. The summed E-state index contributed by atoms with van der Waals surface area (Å²) in [6.07, 6.45) is -0.481. The normalized spacial score (nSPS) is 30.5. The van der Waals surface area contributed by atoms with E-state index >= 15 is 0 Å². The molecule has 2 N–H and O–H groups in total. The maximum Gasteiger partial charge on any atom is 0.310 e. The number of aliphatic hydroxyl groups excluding tert-OH is 1. The van der Waals surface area contributed by atoms with Crippen LogP contribution in [0.4, 0.5) is 0 Å². The molecule has 1 saturated heterocycles. The molecule has 1 heterocycles. The summed E-state index contributed by atoms with van der Waals surface area (Å²) in [6.45, 7) is 4.26. The van der Waals surface area contributed by atoms with Crippen LogP contribution in [0.25, 0.3) is 0 Å². The minimum absolute atomic E-state index is 0.0708. The summed E-state index contributed by atoms with van der Waals surface area (Å²) in [5.41, 5.74) is 0. The molecule has 0 aromatic heterocycles. The number of hydrogen-bond donors (Lipinski definition) is 2. The molecule has 0 spiro atoms. The van der Waals surface area contributed by atoms with Gasteiger partial charge in [-0.25, -0.2) is 0 Å². The molecular weight excluding hydrogens is 198 g/mol. The highest BCUT2D eigenvalue weighted by molar-refractivity contribution is 5.71. The van der Waals surface area contributed by atoms with Crippen LogP contribution in [-0.2, 0) is 9.53 Å². The molecule has 0 aromatic rings. The summed E-state index contributed by atoms with van der Waals surface area (Å²) in [6, 6.07) is -0.217. The Labute approximate surface area is 89.6 Å². The largest absolute Gasteiger partial charge is 0.481 e. The molecule has 5 nitrogen and oxygen atoms in total. The first-order valence-electron chi connectivity index (χ1n) is 5.15. The van der Waals surface area contributed by atoms with Gasteiger partial charge < -0.3 is 14.9 Å². The number of carboxylic acid groups (broad SMARTS) is 1. The van der Waals surface area contributed by atoms with E-state index in [1.807, 2.05) is 18.9 Å². The lowest BCUT2D eigenvalue weighted by atomic mass is 10.0. The van der Waals surface area contributed by atoms with Gasteiger partial charge >= 0.3 is 5.97 Å². The van der Waals surface area contributed by atoms with Crippen LogP contribution in [0.15, 0.2) is 0 Å². The van der Waals surface area contributed by atoms with E-state index in [0.717, 1.165) is 0 Å². The van der Waals surface area contributed by atoms with Gasteiger partial charge in [-0.3, -0.25) is 9.69 Å². The third-order valence-corrected chi connectivity index (χ3v) is 3.23. The van der Waals surface area contributed by atoms with Crippen molar-refractivity contribution in [1.82, 2.24) is 4.90 Å². The summed E-state index contributed by atoms with van der Waals surface area (Å²) >= 11 is 0. The number of carboxylic acids is 1. The summed E-state index contributed by atoms with van der Waals surface area (Å²) in [5.74, 6) is -1.32. The molecule has 4 unspecified atom stereocenters. The lowest BCUT2D eigenvalue weighted by Crippen LogP contribution is -2.48. The van der Waals surface area contributed by atoms with E-state index in [2.05, 4.69) is 0 Å². The van der Waals surface area contributed by atoms with Gasteiger partial charge in [0.05, 0.1) is 25.2 Å². The maximum absolute atomic E-state index is 10.9. The van der Waals surface area contributed by atoms with Crippen molar-refractivity contribution < 1.29 is 19.7 Å². The van der Waals surface area contributed by atoms with E-state index in [1.54, 1.807) is 6.92 Å². The molecular formula is C10H19NO4. The Bertz CT molecular complexity index is 231. The van der Waals surface area contributed by atoms with Crippen LogP contribution in [-0.4, -0.2) is 59.5 Å². The van der Waals surface area contributed by atoms with E-state index in [0.29, 0.717) is 6.61 Å². The van der Waals surface area contributed by atoms with Crippen molar-refractivity contribution >= 4 is 5.97 Å². The Morgan fingerprint density at radius 3 is 2.53 bits per heavy atom. The van der Waals surface area contributed by atoms with Crippen molar-refractivity contribution in [3.63, 3.8) is 0 Å². The molecule has 5 heteroatoms. The minimum atomic E-state index is -0.831. The number of ether oxygens (including phenoxy) is 1. The SMILES string of the molecule is CC(O)C(C)N(C)C1COCC1C(=O)O. The van der Waals surface area contributed by atoms with Crippen LogP contribution >= 0.6 is 0 Å². The molecule has 0 aliphatic carbocycles. The molecule has 0 amide bonds. The fourth-order valence-corrected chi connectivity index (χ4v) is 1.82. The molecule has 4 atom stereocenters. The van der Waals surface area contributed by atoms with Gasteiger partial charge in [-0.2, -0.15) is 0 Å². The smallest absolute Gasteiger partial charge is 0.310 e. The highest BCUT2D eigenvalue weighted by Gasteiger charge is 2.38. The molecule has 1 aliphatic heterocycles. The highest BCUT2D eigenvalue weighted by Crippen LogP contribution is 2.21. The lowest BCUT2D eigenvalue weighted by Gasteiger charge is -2.33. The number of aliphatic carboxylic acids is 1. The quantitative estimate of drug-likeness (QED) is 0.681. The van der Waals surface area contributed by atoms with E-state index in [9.17, 15) is 9.90 Å². The van der Waals surface area contributed by atoms with Crippen LogP contribution in [0.1, 0.15) is 13.8 Å².